The Bertz CT molecular complexity index is 1040. The van der Waals surface area contributed by atoms with Crippen LogP contribution in [0.2, 0.25) is 0 Å². The first-order chi connectivity index (χ1) is 14.0. The maximum Gasteiger partial charge on any atom is 0.340 e. The van der Waals surface area contributed by atoms with Gasteiger partial charge in [0.1, 0.15) is 11.3 Å². The molecule has 1 aliphatic heterocycles. The molecule has 4 rings (SSSR count). The zero-order valence-electron chi connectivity index (χ0n) is 15.9. The van der Waals surface area contributed by atoms with Gasteiger partial charge in [-0.3, -0.25) is 4.79 Å². The van der Waals surface area contributed by atoms with Gasteiger partial charge in [0, 0.05) is 22.9 Å². The monoisotopic (exact) mass is 453 g/mol. The molecule has 5 nitrogen and oxygen atoms in total. The van der Waals surface area contributed by atoms with Gasteiger partial charge in [-0.1, -0.05) is 58.4 Å². The molecule has 0 saturated carbocycles. The van der Waals surface area contributed by atoms with E-state index in [1.165, 1.54) is 7.11 Å². The van der Waals surface area contributed by atoms with Crippen molar-refractivity contribution in [3.63, 3.8) is 0 Å². The summed E-state index contributed by atoms with van der Waals surface area (Å²) in [5.41, 5.74) is 8.67. The summed E-state index contributed by atoms with van der Waals surface area (Å²) < 4.78 is 11.6. The van der Waals surface area contributed by atoms with Crippen molar-refractivity contribution in [3.05, 3.63) is 93.0 Å². The van der Waals surface area contributed by atoms with Crippen molar-refractivity contribution in [3.8, 4) is 0 Å². The molecule has 0 radical (unpaired) electrons. The second kappa shape index (κ2) is 7.87. The zero-order valence-corrected chi connectivity index (χ0v) is 17.4. The second-order valence-corrected chi connectivity index (χ2v) is 8.05. The molecule has 0 unspecified atom stereocenters. The average Bonchev–Trinajstić information content (AvgIpc) is 2.72. The standard InChI is InChI=1S/C23H20BrNO4/c1-28-23(27)21-19(14-8-5-9-16(24)10-14)20-17(26)11-15(12-18(20)29-22(21)25)13-6-3-2-4-7-13/h2-10,15,19H,11-12,25H2,1H3/t15-,19-/m1/s1. The van der Waals surface area contributed by atoms with E-state index in [1.807, 2.05) is 54.6 Å². The SMILES string of the molecule is COC(=O)C1=C(N)OC2=C(C(=O)C[C@@H](c3ccccc3)C2)[C@H]1c1cccc(Br)c1. The number of nitrogens with two attached hydrogens (primary N) is 1. The minimum Gasteiger partial charge on any atom is -0.465 e. The number of Topliss-reactive ketones (excluding diaryl/α,β-unsaturated/α-hetero) is 1. The van der Waals surface area contributed by atoms with E-state index in [1.54, 1.807) is 0 Å². The summed E-state index contributed by atoms with van der Waals surface area (Å²) in [6, 6.07) is 17.4. The van der Waals surface area contributed by atoms with E-state index in [0.29, 0.717) is 24.2 Å². The van der Waals surface area contributed by atoms with Crippen LogP contribution < -0.4 is 5.73 Å². The number of rotatable bonds is 3. The predicted molar refractivity (Wildman–Crippen MR) is 112 cm³/mol. The van der Waals surface area contributed by atoms with Crippen molar-refractivity contribution in [2.24, 2.45) is 5.73 Å². The number of hydrogen-bond acceptors (Lipinski definition) is 5. The van der Waals surface area contributed by atoms with E-state index in [4.69, 9.17) is 15.2 Å². The van der Waals surface area contributed by atoms with Gasteiger partial charge in [-0.05, 0) is 29.2 Å². The number of allylic oxidation sites excluding steroid dienone is 2. The van der Waals surface area contributed by atoms with Crippen molar-refractivity contribution >= 4 is 27.7 Å². The van der Waals surface area contributed by atoms with Crippen molar-refractivity contribution in [1.82, 2.24) is 0 Å². The van der Waals surface area contributed by atoms with E-state index in [2.05, 4.69) is 15.9 Å². The number of hydrogen-bond donors (Lipinski definition) is 1. The van der Waals surface area contributed by atoms with Gasteiger partial charge in [0.15, 0.2) is 5.78 Å². The molecule has 0 spiro atoms. The zero-order chi connectivity index (χ0) is 20.5. The molecule has 1 heterocycles. The maximum absolute atomic E-state index is 13.3. The minimum absolute atomic E-state index is 0.0120. The normalized spacial score (nSPS) is 21.5. The summed E-state index contributed by atoms with van der Waals surface area (Å²) in [6.07, 6.45) is 0.899. The molecule has 1 aliphatic carbocycles. The van der Waals surface area contributed by atoms with Crippen LogP contribution in [0.5, 0.6) is 0 Å². The Balaban J connectivity index is 1.82. The number of carbonyl (C=O) groups is 2. The largest absolute Gasteiger partial charge is 0.465 e. The van der Waals surface area contributed by atoms with Crippen LogP contribution in [0.25, 0.3) is 0 Å². The summed E-state index contributed by atoms with van der Waals surface area (Å²) in [4.78, 5) is 25.8. The number of ketones is 1. The van der Waals surface area contributed by atoms with Crippen molar-refractivity contribution in [2.75, 3.05) is 7.11 Å². The Hall–Kier alpha value is -2.86. The lowest BCUT2D eigenvalue weighted by Crippen LogP contribution is -2.32. The molecular formula is C23H20BrNO4. The predicted octanol–water partition coefficient (Wildman–Crippen LogP) is 4.31. The highest BCUT2D eigenvalue weighted by Gasteiger charge is 2.43. The fourth-order valence-electron chi connectivity index (χ4n) is 4.10. The third kappa shape index (κ3) is 3.60. The van der Waals surface area contributed by atoms with Gasteiger partial charge < -0.3 is 15.2 Å². The van der Waals surface area contributed by atoms with Crippen LogP contribution in [-0.4, -0.2) is 18.9 Å². The first-order valence-corrected chi connectivity index (χ1v) is 10.1. The lowest BCUT2D eigenvalue weighted by molar-refractivity contribution is -0.136. The van der Waals surface area contributed by atoms with Crippen molar-refractivity contribution in [1.29, 1.82) is 0 Å². The highest BCUT2D eigenvalue weighted by Crippen LogP contribution is 2.47. The van der Waals surface area contributed by atoms with Crippen molar-refractivity contribution in [2.45, 2.75) is 24.7 Å². The summed E-state index contributed by atoms with van der Waals surface area (Å²) in [6.45, 7) is 0. The molecular weight excluding hydrogens is 434 g/mol. The molecule has 0 aromatic heterocycles. The van der Waals surface area contributed by atoms with Gasteiger partial charge in [0.2, 0.25) is 5.88 Å². The summed E-state index contributed by atoms with van der Waals surface area (Å²) >= 11 is 3.47. The van der Waals surface area contributed by atoms with Crippen LogP contribution >= 0.6 is 15.9 Å². The van der Waals surface area contributed by atoms with Crippen LogP contribution in [0.4, 0.5) is 0 Å². The Morgan fingerprint density at radius 3 is 2.52 bits per heavy atom. The Morgan fingerprint density at radius 2 is 1.83 bits per heavy atom. The number of methoxy groups -OCH3 is 1. The molecule has 0 saturated heterocycles. The lowest BCUT2D eigenvalue weighted by atomic mass is 9.73. The Morgan fingerprint density at radius 1 is 1.10 bits per heavy atom. The molecule has 29 heavy (non-hydrogen) atoms. The van der Waals surface area contributed by atoms with Crippen LogP contribution in [-0.2, 0) is 19.1 Å². The minimum atomic E-state index is -0.618. The van der Waals surface area contributed by atoms with Crippen LogP contribution in [0.3, 0.4) is 0 Å². The Kier molecular flexibility index (Phi) is 5.28. The van der Waals surface area contributed by atoms with E-state index in [9.17, 15) is 9.59 Å². The molecule has 2 aliphatic rings. The van der Waals surface area contributed by atoms with Crippen molar-refractivity contribution < 1.29 is 19.1 Å². The quantitative estimate of drug-likeness (QED) is 0.700. The van der Waals surface area contributed by atoms with E-state index >= 15 is 0 Å². The van der Waals surface area contributed by atoms with Gasteiger partial charge >= 0.3 is 5.97 Å². The van der Waals surface area contributed by atoms with Crippen LogP contribution in [0, 0.1) is 0 Å². The molecule has 0 amide bonds. The third-order valence-electron chi connectivity index (χ3n) is 5.40. The average molecular weight is 454 g/mol. The topological polar surface area (TPSA) is 78.6 Å². The molecule has 2 aromatic carbocycles. The number of ether oxygens (including phenoxy) is 2. The second-order valence-electron chi connectivity index (χ2n) is 7.14. The van der Waals surface area contributed by atoms with Crippen LogP contribution in [0.15, 0.2) is 81.9 Å². The van der Waals surface area contributed by atoms with Gasteiger partial charge in [0.05, 0.1) is 13.0 Å². The number of halogens is 1. The Labute approximate surface area is 177 Å². The van der Waals surface area contributed by atoms with Gasteiger partial charge in [0.25, 0.3) is 0 Å². The molecule has 148 valence electrons. The number of benzene rings is 2. The highest BCUT2D eigenvalue weighted by molar-refractivity contribution is 9.10. The molecule has 0 bridgehead atoms. The van der Waals surface area contributed by atoms with Gasteiger partial charge in [-0.25, -0.2) is 4.79 Å². The summed E-state index contributed by atoms with van der Waals surface area (Å²) in [5, 5.41) is 0. The van der Waals surface area contributed by atoms with E-state index in [0.717, 1.165) is 15.6 Å². The van der Waals surface area contributed by atoms with Gasteiger partial charge in [-0.15, -0.1) is 0 Å². The highest BCUT2D eigenvalue weighted by atomic mass is 79.9. The smallest absolute Gasteiger partial charge is 0.340 e. The molecule has 2 aromatic rings. The van der Waals surface area contributed by atoms with E-state index in [-0.39, 0.29) is 23.2 Å². The lowest BCUT2D eigenvalue weighted by Gasteiger charge is -2.35. The maximum atomic E-state index is 13.3. The summed E-state index contributed by atoms with van der Waals surface area (Å²) in [5.74, 6) is -0.727. The van der Waals surface area contributed by atoms with Crippen LogP contribution in [0.1, 0.15) is 35.8 Å². The number of carbonyl (C=O) groups excluding carboxylic acids is 2. The molecule has 2 atom stereocenters. The molecule has 6 heteroatoms. The summed E-state index contributed by atoms with van der Waals surface area (Å²) in [7, 11) is 1.29. The number of esters is 1. The van der Waals surface area contributed by atoms with E-state index < -0.39 is 11.9 Å². The fraction of sp³-hybridized carbons (Fsp3) is 0.217. The molecule has 0 fully saturated rings. The first kappa shape index (κ1) is 19.5. The molecule has 2 N–H and O–H groups in total. The van der Waals surface area contributed by atoms with Gasteiger partial charge in [-0.2, -0.15) is 0 Å². The third-order valence-corrected chi connectivity index (χ3v) is 5.89. The fourth-order valence-corrected chi connectivity index (χ4v) is 4.51. The first-order valence-electron chi connectivity index (χ1n) is 9.32.